The van der Waals surface area contributed by atoms with Crippen molar-refractivity contribution in [3.63, 3.8) is 0 Å². The third kappa shape index (κ3) is 5.49. The minimum Gasteiger partial charge on any atom is -0.324 e. The summed E-state index contributed by atoms with van der Waals surface area (Å²) < 4.78 is 41.6. The number of carbonyl (C=O) groups excluding carboxylic acids is 1. The molecule has 150 valence electrons. The zero-order valence-electron chi connectivity index (χ0n) is 15.8. The van der Waals surface area contributed by atoms with Crippen LogP contribution in [0.1, 0.15) is 11.1 Å². The molecule has 0 fully saturated rings. The van der Waals surface area contributed by atoms with E-state index < -0.39 is 27.8 Å². The number of halogens is 1. The van der Waals surface area contributed by atoms with Crippen LogP contribution >= 0.6 is 0 Å². The Morgan fingerprint density at radius 2 is 1.59 bits per heavy atom. The number of benzene rings is 3. The fourth-order valence-electron chi connectivity index (χ4n) is 2.84. The van der Waals surface area contributed by atoms with Crippen LogP contribution in [0.25, 0.3) is 0 Å². The van der Waals surface area contributed by atoms with Crippen molar-refractivity contribution < 1.29 is 17.6 Å². The van der Waals surface area contributed by atoms with Crippen molar-refractivity contribution in [2.75, 3.05) is 5.32 Å². The van der Waals surface area contributed by atoms with Crippen LogP contribution in [0.4, 0.5) is 10.1 Å². The van der Waals surface area contributed by atoms with Gasteiger partial charge in [0.1, 0.15) is 11.9 Å². The average Bonchev–Trinajstić information content (AvgIpc) is 2.71. The third-order valence-electron chi connectivity index (χ3n) is 4.41. The lowest BCUT2D eigenvalue weighted by molar-refractivity contribution is -0.117. The van der Waals surface area contributed by atoms with Gasteiger partial charge in [0, 0.05) is 5.69 Å². The van der Waals surface area contributed by atoms with Crippen LogP contribution in [-0.4, -0.2) is 20.4 Å². The van der Waals surface area contributed by atoms with E-state index in [1.165, 1.54) is 24.3 Å². The van der Waals surface area contributed by atoms with E-state index in [0.717, 1.165) is 5.56 Å². The summed E-state index contributed by atoms with van der Waals surface area (Å²) in [6, 6.07) is 19.9. The van der Waals surface area contributed by atoms with Gasteiger partial charge in [-0.1, -0.05) is 54.6 Å². The Balaban J connectivity index is 1.88. The predicted octanol–water partition coefficient (Wildman–Crippen LogP) is 3.66. The van der Waals surface area contributed by atoms with Crippen LogP contribution in [0.5, 0.6) is 0 Å². The summed E-state index contributed by atoms with van der Waals surface area (Å²) in [5.74, 6) is -1.06. The molecule has 0 aliphatic rings. The molecular weight excluding hydrogens is 391 g/mol. The SMILES string of the molecule is Cc1ccc(F)cc1NC(=O)[C@@H](Cc1ccccc1)NS(=O)(=O)c1ccccc1. The number of rotatable bonds is 7. The van der Waals surface area contributed by atoms with E-state index in [1.807, 2.05) is 30.3 Å². The third-order valence-corrected chi connectivity index (χ3v) is 5.90. The maximum absolute atomic E-state index is 13.6. The number of amides is 1. The Morgan fingerprint density at radius 1 is 0.966 bits per heavy atom. The Labute approximate surface area is 169 Å². The number of sulfonamides is 1. The molecule has 0 aliphatic carbocycles. The average molecular weight is 412 g/mol. The van der Waals surface area contributed by atoms with Crippen LogP contribution in [0.3, 0.4) is 0 Å². The van der Waals surface area contributed by atoms with Crippen molar-refractivity contribution in [2.24, 2.45) is 0 Å². The second-order valence-corrected chi connectivity index (χ2v) is 8.34. The lowest BCUT2D eigenvalue weighted by Crippen LogP contribution is -2.45. The largest absolute Gasteiger partial charge is 0.324 e. The fourth-order valence-corrected chi connectivity index (χ4v) is 4.06. The molecule has 0 radical (unpaired) electrons. The van der Waals surface area contributed by atoms with Gasteiger partial charge in [-0.25, -0.2) is 12.8 Å². The first-order valence-electron chi connectivity index (χ1n) is 9.03. The van der Waals surface area contributed by atoms with Gasteiger partial charge in [0.25, 0.3) is 0 Å². The molecule has 29 heavy (non-hydrogen) atoms. The number of carbonyl (C=O) groups is 1. The number of anilines is 1. The van der Waals surface area contributed by atoms with Crippen LogP contribution in [0.15, 0.2) is 83.8 Å². The first kappa shape index (κ1) is 20.7. The Morgan fingerprint density at radius 3 is 2.24 bits per heavy atom. The molecule has 3 rings (SSSR count). The summed E-state index contributed by atoms with van der Waals surface area (Å²) in [5.41, 5.74) is 1.76. The Bertz CT molecular complexity index is 1090. The van der Waals surface area contributed by atoms with Crippen molar-refractivity contribution in [2.45, 2.75) is 24.3 Å². The van der Waals surface area contributed by atoms with Crippen LogP contribution < -0.4 is 10.0 Å². The van der Waals surface area contributed by atoms with Crippen molar-refractivity contribution in [3.05, 3.63) is 95.8 Å². The summed E-state index contributed by atoms with van der Waals surface area (Å²) >= 11 is 0. The molecule has 2 N–H and O–H groups in total. The Hall–Kier alpha value is -3.03. The van der Waals surface area contributed by atoms with Gasteiger partial charge >= 0.3 is 0 Å². The first-order valence-corrected chi connectivity index (χ1v) is 10.5. The van der Waals surface area contributed by atoms with Crippen molar-refractivity contribution in [3.8, 4) is 0 Å². The van der Waals surface area contributed by atoms with Crippen molar-refractivity contribution in [1.82, 2.24) is 4.72 Å². The monoisotopic (exact) mass is 412 g/mol. The van der Waals surface area contributed by atoms with E-state index in [1.54, 1.807) is 31.2 Å². The highest BCUT2D eigenvalue weighted by atomic mass is 32.2. The van der Waals surface area contributed by atoms with Gasteiger partial charge in [-0.2, -0.15) is 4.72 Å². The Kier molecular flexibility index (Phi) is 6.41. The van der Waals surface area contributed by atoms with E-state index in [-0.39, 0.29) is 11.3 Å². The van der Waals surface area contributed by atoms with Gasteiger partial charge in [0.05, 0.1) is 4.90 Å². The van der Waals surface area contributed by atoms with Gasteiger partial charge in [-0.15, -0.1) is 0 Å². The molecule has 1 atom stereocenters. The highest BCUT2D eigenvalue weighted by molar-refractivity contribution is 7.89. The molecule has 3 aromatic carbocycles. The highest BCUT2D eigenvalue weighted by Crippen LogP contribution is 2.18. The summed E-state index contributed by atoms with van der Waals surface area (Å²) in [6.07, 6.45) is 0.146. The maximum Gasteiger partial charge on any atom is 0.242 e. The maximum atomic E-state index is 13.6. The van der Waals surface area contributed by atoms with E-state index in [2.05, 4.69) is 10.0 Å². The van der Waals surface area contributed by atoms with Gasteiger partial charge in [-0.3, -0.25) is 4.79 Å². The number of aryl methyl sites for hydroxylation is 1. The van der Waals surface area contributed by atoms with Crippen LogP contribution in [0.2, 0.25) is 0 Å². The van der Waals surface area contributed by atoms with E-state index in [4.69, 9.17) is 0 Å². The van der Waals surface area contributed by atoms with E-state index >= 15 is 0 Å². The predicted molar refractivity (Wildman–Crippen MR) is 110 cm³/mol. The van der Waals surface area contributed by atoms with Gasteiger partial charge in [-0.05, 0) is 48.7 Å². The zero-order chi connectivity index (χ0) is 20.9. The molecule has 5 nitrogen and oxygen atoms in total. The molecule has 0 aliphatic heterocycles. The normalized spacial score (nSPS) is 12.3. The van der Waals surface area contributed by atoms with Crippen molar-refractivity contribution >= 4 is 21.6 Å². The quantitative estimate of drug-likeness (QED) is 0.622. The van der Waals surface area contributed by atoms with Crippen molar-refractivity contribution in [1.29, 1.82) is 0 Å². The highest BCUT2D eigenvalue weighted by Gasteiger charge is 2.26. The second kappa shape index (κ2) is 8.98. The molecule has 0 spiro atoms. The molecule has 0 saturated heterocycles. The minimum atomic E-state index is -3.92. The topological polar surface area (TPSA) is 75.3 Å². The number of hydrogen-bond acceptors (Lipinski definition) is 3. The summed E-state index contributed by atoms with van der Waals surface area (Å²) in [4.78, 5) is 13.0. The molecular formula is C22H21FN2O3S. The lowest BCUT2D eigenvalue weighted by atomic mass is 10.1. The summed E-state index contributed by atoms with van der Waals surface area (Å²) in [6.45, 7) is 1.73. The molecule has 7 heteroatoms. The van der Waals surface area contributed by atoms with E-state index in [9.17, 15) is 17.6 Å². The standard InChI is InChI=1S/C22H21FN2O3S/c1-16-12-13-18(23)15-20(16)24-22(26)21(14-17-8-4-2-5-9-17)25-29(27,28)19-10-6-3-7-11-19/h2-13,15,21,25H,14H2,1H3,(H,24,26)/t21-/m1/s1. The molecule has 0 aromatic heterocycles. The van der Waals surface area contributed by atoms with Crippen LogP contribution in [-0.2, 0) is 21.2 Å². The lowest BCUT2D eigenvalue weighted by Gasteiger charge is -2.19. The van der Waals surface area contributed by atoms with E-state index in [0.29, 0.717) is 11.3 Å². The minimum absolute atomic E-state index is 0.0628. The second-order valence-electron chi connectivity index (χ2n) is 6.63. The molecule has 0 unspecified atom stereocenters. The zero-order valence-corrected chi connectivity index (χ0v) is 16.6. The molecule has 1 amide bonds. The summed E-state index contributed by atoms with van der Waals surface area (Å²) in [7, 11) is -3.92. The summed E-state index contributed by atoms with van der Waals surface area (Å²) in [5, 5.41) is 2.64. The molecule has 3 aromatic rings. The van der Waals surface area contributed by atoms with Gasteiger partial charge < -0.3 is 5.32 Å². The van der Waals surface area contributed by atoms with Crippen LogP contribution in [0, 0.1) is 12.7 Å². The molecule has 0 heterocycles. The first-order chi connectivity index (χ1) is 13.8. The number of hydrogen-bond donors (Lipinski definition) is 2. The van der Waals surface area contributed by atoms with Gasteiger partial charge in [0.15, 0.2) is 0 Å². The molecule has 0 bridgehead atoms. The smallest absolute Gasteiger partial charge is 0.242 e. The fraction of sp³-hybridized carbons (Fsp3) is 0.136. The molecule has 0 saturated carbocycles. The number of nitrogens with one attached hydrogen (secondary N) is 2. The van der Waals surface area contributed by atoms with Gasteiger partial charge in [0.2, 0.25) is 15.9 Å².